The summed E-state index contributed by atoms with van der Waals surface area (Å²) in [5, 5.41) is 13.6. The van der Waals surface area contributed by atoms with Crippen LogP contribution in [0.4, 0.5) is 0 Å². The summed E-state index contributed by atoms with van der Waals surface area (Å²) in [4.78, 5) is 0. The van der Waals surface area contributed by atoms with E-state index in [1.807, 2.05) is 0 Å². The Bertz CT molecular complexity index is 160. The van der Waals surface area contributed by atoms with Crippen molar-refractivity contribution in [2.75, 3.05) is 13.1 Å². The predicted octanol–water partition coefficient (Wildman–Crippen LogP) is 2.32. The molecule has 1 aliphatic carbocycles. The van der Waals surface area contributed by atoms with Crippen LogP contribution in [0.3, 0.4) is 0 Å². The van der Waals surface area contributed by atoms with E-state index in [4.69, 9.17) is 0 Å². The average Bonchev–Trinajstić information content (AvgIpc) is 2.38. The maximum Gasteiger partial charge on any atom is 0.0771 e. The predicted molar refractivity (Wildman–Crippen MR) is 60.4 cm³/mol. The molecule has 0 aromatic heterocycles. The molecule has 1 aliphatic rings. The summed E-state index contributed by atoms with van der Waals surface area (Å²) in [5.41, 5.74) is -0.417. The Kier molecular flexibility index (Phi) is 4.90. The summed E-state index contributed by atoms with van der Waals surface area (Å²) in [6.07, 6.45) is 6.95. The second-order valence-electron chi connectivity index (χ2n) is 4.71. The fraction of sp³-hybridized carbons (Fsp3) is 1.00. The number of hydrogen-bond donors (Lipinski definition) is 2. The van der Waals surface area contributed by atoms with Crippen LogP contribution in [-0.4, -0.2) is 23.8 Å². The fourth-order valence-electron chi connectivity index (χ4n) is 2.40. The van der Waals surface area contributed by atoms with E-state index >= 15 is 0 Å². The molecule has 0 amide bonds. The third-order valence-corrected chi connectivity index (χ3v) is 3.55. The molecule has 0 bridgehead atoms. The van der Waals surface area contributed by atoms with E-state index in [2.05, 4.69) is 19.2 Å². The first-order chi connectivity index (χ1) is 6.70. The lowest BCUT2D eigenvalue weighted by molar-refractivity contribution is 0.0248. The van der Waals surface area contributed by atoms with Crippen molar-refractivity contribution < 1.29 is 5.11 Å². The van der Waals surface area contributed by atoms with Gasteiger partial charge in [0.2, 0.25) is 0 Å². The van der Waals surface area contributed by atoms with Crippen LogP contribution in [0.5, 0.6) is 0 Å². The molecule has 14 heavy (non-hydrogen) atoms. The molecule has 2 unspecified atom stereocenters. The Morgan fingerprint density at radius 3 is 2.71 bits per heavy atom. The van der Waals surface area contributed by atoms with Crippen molar-refractivity contribution in [3.05, 3.63) is 0 Å². The number of hydrogen-bond acceptors (Lipinski definition) is 2. The van der Waals surface area contributed by atoms with Gasteiger partial charge >= 0.3 is 0 Å². The smallest absolute Gasteiger partial charge is 0.0771 e. The number of likely N-dealkylation sites (N-methyl/N-ethyl adjacent to an activating group) is 1. The Morgan fingerprint density at radius 2 is 2.07 bits per heavy atom. The normalized spacial score (nSPS) is 34.1. The maximum atomic E-state index is 10.3. The van der Waals surface area contributed by atoms with Crippen LogP contribution in [0.2, 0.25) is 0 Å². The van der Waals surface area contributed by atoms with Gasteiger partial charge in [-0.25, -0.2) is 0 Å². The van der Waals surface area contributed by atoms with Gasteiger partial charge in [-0.15, -0.1) is 0 Å². The number of aliphatic hydroxyl groups is 1. The van der Waals surface area contributed by atoms with Crippen LogP contribution in [-0.2, 0) is 0 Å². The van der Waals surface area contributed by atoms with Gasteiger partial charge in [0.05, 0.1) is 5.60 Å². The highest BCUT2D eigenvalue weighted by molar-refractivity contribution is 4.84. The topological polar surface area (TPSA) is 32.3 Å². The first-order valence-corrected chi connectivity index (χ1v) is 6.13. The first kappa shape index (κ1) is 12.0. The highest BCUT2D eigenvalue weighted by Gasteiger charge is 2.29. The molecule has 2 atom stereocenters. The molecule has 0 aromatic carbocycles. The lowest BCUT2D eigenvalue weighted by Crippen LogP contribution is -2.40. The van der Waals surface area contributed by atoms with Gasteiger partial charge in [0.15, 0.2) is 0 Å². The molecule has 0 spiro atoms. The van der Waals surface area contributed by atoms with Gasteiger partial charge in [-0.3, -0.25) is 0 Å². The molecule has 2 heteroatoms. The van der Waals surface area contributed by atoms with Crippen LogP contribution in [0.25, 0.3) is 0 Å². The first-order valence-electron chi connectivity index (χ1n) is 6.13. The molecule has 2 N–H and O–H groups in total. The highest BCUT2D eigenvalue weighted by Crippen LogP contribution is 2.31. The van der Waals surface area contributed by atoms with Crippen molar-refractivity contribution in [2.24, 2.45) is 5.92 Å². The van der Waals surface area contributed by atoms with Gasteiger partial charge in [-0.2, -0.15) is 0 Å². The van der Waals surface area contributed by atoms with E-state index in [1.165, 1.54) is 25.7 Å². The minimum absolute atomic E-state index is 0.417. The SMILES string of the molecule is CCNCC1(O)CCCC(CC)CC1. The third kappa shape index (κ3) is 3.58. The molecule has 1 fully saturated rings. The van der Waals surface area contributed by atoms with Crippen LogP contribution in [0, 0.1) is 5.92 Å². The van der Waals surface area contributed by atoms with Crippen LogP contribution in [0.1, 0.15) is 52.4 Å². The molecule has 0 saturated heterocycles. The Hall–Kier alpha value is -0.0800. The van der Waals surface area contributed by atoms with Crippen molar-refractivity contribution in [3.63, 3.8) is 0 Å². The largest absolute Gasteiger partial charge is 0.389 e. The van der Waals surface area contributed by atoms with E-state index in [0.717, 1.165) is 31.8 Å². The summed E-state index contributed by atoms with van der Waals surface area (Å²) in [6.45, 7) is 6.09. The zero-order valence-corrected chi connectivity index (χ0v) is 9.68. The molecule has 0 radical (unpaired) electrons. The zero-order chi connectivity index (χ0) is 10.4. The quantitative estimate of drug-likeness (QED) is 0.681. The molecule has 0 heterocycles. The van der Waals surface area contributed by atoms with Gasteiger partial charge in [0, 0.05) is 6.54 Å². The van der Waals surface area contributed by atoms with Crippen molar-refractivity contribution in [2.45, 2.75) is 58.0 Å². The second-order valence-corrected chi connectivity index (χ2v) is 4.71. The lowest BCUT2D eigenvalue weighted by Gasteiger charge is -2.26. The van der Waals surface area contributed by atoms with Crippen molar-refractivity contribution in [3.8, 4) is 0 Å². The Labute approximate surface area is 88.1 Å². The summed E-state index contributed by atoms with van der Waals surface area (Å²) >= 11 is 0. The van der Waals surface area contributed by atoms with E-state index in [9.17, 15) is 5.11 Å². The molecular formula is C12H25NO. The highest BCUT2D eigenvalue weighted by atomic mass is 16.3. The third-order valence-electron chi connectivity index (χ3n) is 3.55. The van der Waals surface area contributed by atoms with Gasteiger partial charge < -0.3 is 10.4 Å². The maximum absolute atomic E-state index is 10.3. The number of nitrogens with one attached hydrogen (secondary N) is 1. The minimum atomic E-state index is -0.417. The van der Waals surface area contributed by atoms with Gasteiger partial charge in [0.25, 0.3) is 0 Å². The van der Waals surface area contributed by atoms with Gasteiger partial charge in [0.1, 0.15) is 0 Å². The van der Waals surface area contributed by atoms with Crippen molar-refractivity contribution in [1.29, 1.82) is 0 Å². The van der Waals surface area contributed by atoms with Gasteiger partial charge in [-0.1, -0.05) is 33.1 Å². The summed E-state index contributed by atoms with van der Waals surface area (Å²) in [5.74, 6) is 0.852. The average molecular weight is 199 g/mol. The Balaban J connectivity index is 2.38. The monoisotopic (exact) mass is 199 g/mol. The van der Waals surface area contributed by atoms with Crippen LogP contribution < -0.4 is 5.32 Å². The Morgan fingerprint density at radius 1 is 1.29 bits per heavy atom. The number of rotatable bonds is 4. The summed E-state index contributed by atoms with van der Waals surface area (Å²) in [6, 6.07) is 0. The summed E-state index contributed by atoms with van der Waals surface area (Å²) < 4.78 is 0. The molecule has 1 rings (SSSR count). The minimum Gasteiger partial charge on any atom is -0.389 e. The van der Waals surface area contributed by atoms with E-state index in [-0.39, 0.29) is 0 Å². The molecular weight excluding hydrogens is 174 g/mol. The van der Waals surface area contributed by atoms with E-state index in [0.29, 0.717) is 0 Å². The molecule has 0 aromatic rings. The fourth-order valence-corrected chi connectivity index (χ4v) is 2.40. The molecule has 84 valence electrons. The molecule has 0 aliphatic heterocycles. The molecule has 2 nitrogen and oxygen atoms in total. The second kappa shape index (κ2) is 5.72. The summed E-state index contributed by atoms with van der Waals surface area (Å²) in [7, 11) is 0. The standard InChI is InChI=1S/C12H25NO/c1-3-11-6-5-8-12(14,9-7-11)10-13-4-2/h11,13-14H,3-10H2,1-2H3. The van der Waals surface area contributed by atoms with Crippen LogP contribution >= 0.6 is 0 Å². The van der Waals surface area contributed by atoms with Crippen molar-refractivity contribution in [1.82, 2.24) is 5.32 Å². The van der Waals surface area contributed by atoms with E-state index in [1.54, 1.807) is 0 Å². The van der Waals surface area contributed by atoms with Crippen LogP contribution in [0.15, 0.2) is 0 Å². The van der Waals surface area contributed by atoms with E-state index < -0.39 is 5.60 Å². The van der Waals surface area contributed by atoms with Crippen molar-refractivity contribution >= 4 is 0 Å². The van der Waals surface area contributed by atoms with Gasteiger partial charge in [-0.05, 0) is 31.7 Å². The zero-order valence-electron chi connectivity index (χ0n) is 9.68. The lowest BCUT2D eigenvalue weighted by atomic mass is 9.93. The molecule has 1 saturated carbocycles.